The van der Waals surface area contributed by atoms with E-state index in [0.717, 1.165) is 12.8 Å². The summed E-state index contributed by atoms with van der Waals surface area (Å²) in [7, 11) is 2.95. The molecule has 20 heavy (non-hydrogen) atoms. The van der Waals surface area contributed by atoms with Crippen LogP contribution in [-0.2, 0) is 4.79 Å². The molecule has 0 radical (unpaired) electrons. The molecule has 0 heterocycles. The molecule has 6 heteroatoms. The summed E-state index contributed by atoms with van der Waals surface area (Å²) in [6, 6.07) is 3.96. The van der Waals surface area contributed by atoms with Crippen LogP contribution in [0.2, 0.25) is 0 Å². The molecule has 6 nitrogen and oxygen atoms in total. The Bertz CT molecular complexity index is 524. The number of hydrogen-bond acceptors (Lipinski definition) is 4. The fourth-order valence-electron chi connectivity index (χ4n) is 2.02. The van der Waals surface area contributed by atoms with Gasteiger partial charge in [0.1, 0.15) is 17.5 Å². The zero-order valence-corrected chi connectivity index (χ0v) is 11.4. The monoisotopic (exact) mass is 279 g/mol. The molecular weight excluding hydrogens is 262 g/mol. The van der Waals surface area contributed by atoms with E-state index in [9.17, 15) is 9.59 Å². The van der Waals surface area contributed by atoms with E-state index in [4.69, 9.17) is 14.6 Å². The molecule has 1 aliphatic rings. The van der Waals surface area contributed by atoms with Crippen molar-refractivity contribution in [2.45, 2.75) is 18.9 Å². The summed E-state index contributed by atoms with van der Waals surface area (Å²) in [5.74, 6) is -0.576. The van der Waals surface area contributed by atoms with Crippen molar-refractivity contribution in [3.63, 3.8) is 0 Å². The number of ether oxygens (including phenoxy) is 2. The molecule has 0 aromatic heterocycles. The number of methoxy groups -OCH3 is 2. The highest BCUT2D eigenvalue weighted by Gasteiger charge is 2.37. The molecule has 0 aliphatic heterocycles. The molecule has 1 aromatic rings. The lowest BCUT2D eigenvalue weighted by Gasteiger charge is -2.15. The standard InChI is InChI=1S/C14H17NO5/c1-19-9-5-6-11(20-2)10(7-9)13(16)15-12(14(17)18)8-3-4-8/h5-8,12H,3-4H2,1-2H3,(H,15,16)(H,17,18). The maximum atomic E-state index is 12.2. The maximum Gasteiger partial charge on any atom is 0.326 e. The summed E-state index contributed by atoms with van der Waals surface area (Å²) in [4.78, 5) is 23.4. The van der Waals surface area contributed by atoms with Gasteiger partial charge in [-0.3, -0.25) is 4.79 Å². The van der Waals surface area contributed by atoms with Gasteiger partial charge in [-0.15, -0.1) is 0 Å². The van der Waals surface area contributed by atoms with Crippen LogP contribution in [0.5, 0.6) is 11.5 Å². The average molecular weight is 279 g/mol. The van der Waals surface area contributed by atoms with Crippen molar-refractivity contribution in [3.8, 4) is 11.5 Å². The van der Waals surface area contributed by atoms with E-state index in [2.05, 4.69) is 5.32 Å². The number of carboxylic acids is 1. The van der Waals surface area contributed by atoms with Crippen LogP contribution < -0.4 is 14.8 Å². The quantitative estimate of drug-likeness (QED) is 0.819. The number of rotatable bonds is 6. The summed E-state index contributed by atoms with van der Waals surface area (Å²) in [5, 5.41) is 11.7. The lowest BCUT2D eigenvalue weighted by Crippen LogP contribution is -2.42. The lowest BCUT2D eigenvalue weighted by molar-refractivity contribution is -0.139. The van der Waals surface area contributed by atoms with Gasteiger partial charge in [0.05, 0.1) is 19.8 Å². The first-order chi connectivity index (χ1) is 9.56. The highest BCUT2D eigenvalue weighted by molar-refractivity contribution is 5.99. The minimum absolute atomic E-state index is 0.0213. The topological polar surface area (TPSA) is 84.9 Å². The number of aliphatic carboxylic acids is 1. The van der Waals surface area contributed by atoms with Crippen LogP contribution >= 0.6 is 0 Å². The Kier molecular flexibility index (Phi) is 4.12. The normalized spacial score (nSPS) is 15.3. The molecule has 1 fully saturated rings. The van der Waals surface area contributed by atoms with Gasteiger partial charge in [0.2, 0.25) is 0 Å². The first kappa shape index (κ1) is 14.2. The van der Waals surface area contributed by atoms with Gasteiger partial charge >= 0.3 is 5.97 Å². The molecule has 1 saturated carbocycles. The molecule has 108 valence electrons. The number of hydrogen-bond donors (Lipinski definition) is 2. The van der Waals surface area contributed by atoms with E-state index >= 15 is 0 Å². The third-order valence-corrected chi connectivity index (χ3v) is 3.30. The van der Waals surface area contributed by atoms with Gasteiger partial charge in [-0.2, -0.15) is 0 Å². The fourth-order valence-corrected chi connectivity index (χ4v) is 2.02. The van der Waals surface area contributed by atoms with Crippen LogP contribution in [0.3, 0.4) is 0 Å². The van der Waals surface area contributed by atoms with Crippen LogP contribution in [0.25, 0.3) is 0 Å². The largest absolute Gasteiger partial charge is 0.497 e. The summed E-state index contributed by atoms with van der Waals surface area (Å²) in [6.45, 7) is 0. The van der Waals surface area contributed by atoms with Gasteiger partial charge in [-0.05, 0) is 37.0 Å². The van der Waals surface area contributed by atoms with Crippen molar-refractivity contribution in [2.24, 2.45) is 5.92 Å². The van der Waals surface area contributed by atoms with E-state index < -0.39 is 17.9 Å². The van der Waals surface area contributed by atoms with Gasteiger partial charge in [0.25, 0.3) is 5.91 Å². The van der Waals surface area contributed by atoms with Crippen LogP contribution in [0.15, 0.2) is 18.2 Å². The van der Waals surface area contributed by atoms with E-state index in [0.29, 0.717) is 11.5 Å². The van der Waals surface area contributed by atoms with Crippen molar-refractivity contribution in [2.75, 3.05) is 14.2 Å². The van der Waals surface area contributed by atoms with Crippen molar-refractivity contribution < 1.29 is 24.2 Å². The van der Waals surface area contributed by atoms with Crippen molar-refractivity contribution >= 4 is 11.9 Å². The molecule has 1 aromatic carbocycles. The molecule has 0 saturated heterocycles. The second-order valence-electron chi connectivity index (χ2n) is 4.69. The average Bonchev–Trinajstić information content (AvgIpc) is 3.27. The smallest absolute Gasteiger partial charge is 0.326 e. The molecule has 2 N–H and O–H groups in total. The third kappa shape index (κ3) is 3.01. The number of carbonyl (C=O) groups excluding carboxylic acids is 1. The van der Waals surface area contributed by atoms with Crippen LogP contribution in [0, 0.1) is 5.92 Å². The molecular formula is C14H17NO5. The van der Waals surface area contributed by atoms with Crippen LogP contribution in [-0.4, -0.2) is 37.2 Å². The Labute approximate surface area is 116 Å². The molecule has 0 bridgehead atoms. The van der Waals surface area contributed by atoms with E-state index in [1.54, 1.807) is 12.1 Å². The Hall–Kier alpha value is -2.24. The van der Waals surface area contributed by atoms with Gasteiger partial charge in [-0.25, -0.2) is 4.79 Å². The molecule has 0 spiro atoms. The highest BCUT2D eigenvalue weighted by atomic mass is 16.5. The number of nitrogens with one attached hydrogen (secondary N) is 1. The summed E-state index contributed by atoms with van der Waals surface area (Å²) in [5.41, 5.74) is 0.263. The van der Waals surface area contributed by atoms with E-state index in [1.807, 2.05) is 0 Å². The maximum absolute atomic E-state index is 12.2. The molecule has 1 amide bonds. The second kappa shape index (κ2) is 5.81. The Morgan fingerprint density at radius 1 is 1.30 bits per heavy atom. The predicted molar refractivity (Wildman–Crippen MR) is 71.2 cm³/mol. The Balaban J connectivity index is 2.20. The number of carbonyl (C=O) groups is 2. The summed E-state index contributed by atoms with van der Waals surface area (Å²) < 4.78 is 10.2. The summed E-state index contributed by atoms with van der Waals surface area (Å²) >= 11 is 0. The third-order valence-electron chi connectivity index (χ3n) is 3.30. The van der Waals surface area contributed by atoms with Crippen molar-refractivity contribution in [1.82, 2.24) is 5.32 Å². The Morgan fingerprint density at radius 3 is 2.50 bits per heavy atom. The Morgan fingerprint density at radius 2 is 2.00 bits per heavy atom. The zero-order valence-electron chi connectivity index (χ0n) is 11.4. The molecule has 1 unspecified atom stereocenters. The SMILES string of the molecule is COc1ccc(OC)c(C(=O)NC(C(=O)O)C2CC2)c1. The zero-order chi connectivity index (χ0) is 14.7. The second-order valence-corrected chi connectivity index (χ2v) is 4.69. The van der Waals surface area contributed by atoms with Gasteiger partial charge in [0, 0.05) is 0 Å². The number of benzene rings is 1. The number of carboxylic acid groups (broad SMARTS) is 1. The van der Waals surface area contributed by atoms with Crippen LogP contribution in [0.4, 0.5) is 0 Å². The molecule has 1 aliphatic carbocycles. The van der Waals surface area contributed by atoms with Crippen molar-refractivity contribution in [1.29, 1.82) is 0 Å². The fraction of sp³-hybridized carbons (Fsp3) is 0.429. The van der Waals surface area contributed by atoms with Crippen molar-refractivity contribution in [3.05, 3.63) is 23.8 Å². The highest BCUT2D eigenvalue weighted by Crippen LogP contribution is 2.33. The molecule has 1 atom stereocenters. The van der Waals surface area contributed by atoms with E-state index in [-0.39, 0.29) is 11.5 Å². The minimum atomic E-state index is -1.01. The number of amides is 1. The lowest BCUT2D eigenvalue weighted by atomic mass is 10.1. The van der Waals surface area contributed by atoms with E-state index in [1.165, 1.54) is 20.3 Å². The van der Waals surface area contributed by atoms with Crippen LogP contribution in [0.1, 0.15) is 23.2 Å². The first-order valence-electron chi connectivity index (χ1n) is 6.32. The summed E-state index contributed by atoms with van der Waals surface area (Å²) in [6.07, 6.45) is 1.65. The van der Waals surface area contributed by atoms with Gasteiger partial charge in [0.15, 0.2) is 0 Å². The minimum Gasteiger partial charge on any atom is -0.497 e. The van der Waals surface area contributed by atoms with Gasteiger partial charge in [-0.1, -0.05) is 0 Å². The first-order valence-corrected chi connectivity index (χ1v) is 6.32. The molecule has 2 rings (SSSR count). The predicted octanol–water partition coefficient (Wildman–Crippen LogP) is 1.30. The van der Waals surface area contributed by atoms with Gasteiger partial charge < -0.3 is 19.9 Å².